The van der Waals surface area contributed by atoms with E-state index < -0.39 is 10.8 Å². The van der Waals surface area contributed by atoms with Gasteiger partial charge in [-0.15, -0.1) is 0 Å². The van der Waals surface area contributed by atoms with Crippen molar-refractivity contribution in [3.05, 3.63) is 59.2 Å². The van der Waals surface area contributed by atoms with Crippen molar-refractivity contribution in [2.75, 3.05) is 6.61 Å². The number of allylic oxidation sites excluding steroid dienone is 1. The second-order valence-corrected chi connectivity index (χ2v) is 10.1. The van der Waals surface area contributed by atoms with Gasteiger partial charge in [0.15, 0.2) is 5.78 Å². The topological polar surface area (TPSA) is 78.9 Å². The molecule has 0 radical (unpaired) electrons. The van der Waals surface area contributed by atoms with Crippen molar-refractivity contribution >= 4 is 23.8 Å². The molecule has 0 amide bonds. The van der Waals surface area contributed by atoms with Crippen LogP contribution in [-0.4, -0.2) is 24.3 Å². The molecular formula is C28H34O6. The van der Waals surface area contributed by atoms with Crippen molar-refractivity contribution in [2.45, 2.75) is 55.4 Å². The standard InChI is InChI=1S/C28H34O6/c1-9-32-24-17-23(34-26(31)28(6,7)8)18(2)16-20(24)12-15-22(29)19-10-13-21(14-11-19)33-25(30)27(3,4)5/h10-17H,9H2,1-8H3. The number of hydrogen-bond donors (Lipinski definition) is 0. The summed E-state index contributed by atoms with van der Waals surface area (Å²) in [6, 6.07) is 9.90. The fraction of sp³-hybridized carbons (Fsp3) is 0.393. The first-order valence-corrected chi connectivity index (χ1v) is 11.3. The van der Waals surface area contributed by atoms with Crippen LogP contribution in [0.3, 0.4) is 0 Å². The van der Waals surface area contributed by atoms with Gasteiger partial charge < -0.3 is 14.2 Å². The highest BCUT2D eigenvalue weighted by molar-refractivity contribution is 6.07. The molecule has 0 aliphatic rings. The van der Waals surface area contributed by atoms with E-state index >= 15 is 0 Å². The van der Waals surface area contributed by atoms with Gasteiger partial charge >= 0.3 is 11.9 Å². The lowest BCUT2D eigenvalue weighted by Crippen LogP contribution is -2.25. The maximum absolute atomic E-state index is 12.7. The molecule has 0 aliphatic heterocycles. The summed E-state index contributed by atoms with van der Waals surface area (Å²) < 4.78 is 16.6. The smallest absolute Gasteiger partial charge is 0.316 e. The monoisotopic (exact) mass is 466 g/mol. The molecule has 2 aromatic carbocycles. The molecule has 0 aromatic heterocycles. The molecule has 0 atom stereocenters. The average Bonchev–Trinajstić information content (AvgIpc) is 2.73. The number of hydrogen-bond acceptors (Lipinski definition) is 6. The largest absolute Gasteiger partial charge is 0.493 e. The molecule has 0 N–H and O–H groups in total. The zero-order valence-corrected chi connectivity index (χ0v) is 21.3. The van der Waals surface area contributed by atoms with Gasteiger partial charge in [0.1, 0.15) is 17.2 Å². The summed E-state index contributed by atoms with van der Waals surface area (Å²) in [7, 11) is 0. The molecule has 0 aliphatic carbocycles. The normalized spacial score (nSPS) is 11.9. The Bertz CT molecular complexity index is 1080. The highest BCUT2D eigenvalue weighted by Gasteiger charge is 2.25. The Labute approximate surface area is 201 Å². The van der Waals surface area contributed by atoms with Crippen molar-refractivity contribution in [2.24, 2.45) is 10.8 Å². The Balaban J connectivity index is 2.21. The first-order valence-electron chi connectivity index (χ1n) is 11.3. The molecule has 0 saturated carbocycles. The molecular weight excluding hydrogens is 432 g/mol. The van der Waals surface area contributed by atoms with Crippen molar-refractivity contribution in [3.63, 3.8) is 0 Å². The van der Waals surface area contributed by atoms with E-state index in [2.05, 4.69) is 0 Å². The molecule has 6 heteroatoms. The molecule has 0 spiro atoms. The Hall–Kier alpha value is -3.41. The second kappa shape index (κ2) is 10.7. The van der Waals surface area contributed by atoms with E-state index in [-0.39, 0.29) is 17.7 Å². The van der Waals surface area contributed by atoms with Gasteiger partial charge in [0.25, 0.3) is 0 Å². The van der Waals surface area contributed by atoms with Crippen LogP contribution in [0.2, 0.25) is 0 Å². The van der Waals surface area contributed by atoms with E-state index in [1.807, 2.05) is 19.9 Å². The van der Waals surface area contributed by atoms with Crippen LogP contribution in [0.1, 0.15) is 70.0 Å². The minimum Gasteiger partial charge on any atom is -0.493 e. The molecule has 0 heterocycles. The van der Waals surface area contributed by atoms with Crippen LogP contribution in [-0.2, 0) is 9.59 Å². The summed E-state index contributed by atoms with van der Waals surface area (Å²) in [4.78, 5) is 37.0. The van der Waals surface area contributed by atoms with Gasteiger partial charge in [0.2, 0.25) is 0 Å². The van der Waals surface area contributed by atoms with Crippen LogP contribution in [0.5, 0.6) is 17.2 Å². The second-order valence-electron chi connectivity index (χ2n) is 10.1. The van der Waals surface area contributed by atoms with E-state index in [9.17, 15) is 14.4 Å². The van der Waals surface area contributed by atoms with E-state index in [1.165, 1.54) is 6.08 Å². The summed E-state index contributed by atoms with van der Waals surface area (Å²) >= 11 is 0. The zero-order valence-electron chi connectivity index (χ0n) is 21.3. The van der Waals surface area contributed by atoms with E-state index in [1.54, 1.807) is 78.0 Å². The van der Waals surface area contributed by atoms with Gasteiger partial charge in [-0.05, 0) is 103 Å². The quantitative estimate of drug-likeness (QED) is 0.209. The van der Waals surface area contributed by atoms with Crippen LogP contribution in [0, 0.1) is 17.8 Å². The maximum Gasteiger partial charge on any atom is 0.316 e. The number of ketones is 1. The van der Waals surface area contributed by atoms with E-state index in [4.69, 9.17) is 14.2 Å². The molecule has 0 bridgehead atoms. The Morgan fingerprint density at radius 3 is 1.91 bits per heavy atom. The van der Waals surface area contributed by atoms with E-state index in [0.29, 0.717) is 35.0 Å². The number of carbonyl (C=O) groups excluding carboxylic acids is 3. The maximum atomic E-state index is 12.7. The molecule has 34 heavy (non-hydrogen) atoms. The van der Waals surface area contributed by atoms with Crippen molar-refractivity contribution in [1.29, 1.82) is 0 Å². The summed E-state index contributed by atoms with van der Waals surface area (Å²) in [6.45, 7) is 14.8. The first-order chi connectivity index (χ1) is 15.7. The summed E-state index contributed by atoms with van der Waals surface area (Å²) in [5.41, 5.74) is 0.646. The number of benzene rings is 2. The van der Waals surface area contributed by atoms with Gasteiger partial charge in [-0.25, -0.2) is 0 Å². The SMILES string of the molecule is CCOc1cc(OC(=O)C(C)(C)C)c(C)cc1C=CC(=O)c1ccc(OC(=O)C(C)(C)C)cc1. The van der Waals surface area contributed by atoms with Crippen LogP contribution in [0.15, 0.2) is 42.5 Å². The third-order valence-corrected chi connectivity index (χ3v) is 4.80. The third kappa shape index (κ3) is 7.30. The fourth-order valence-electron chi connectivity index (χ4n) is 2.67. The Kier molecular flexibility index (Phi) is 8.43. The average molecular weight is 467 g/mol. The number of carbonyl (C=O) groups is 3. The fourth-order valence-corrected chi connectivity index (χ4v) is 2.67. The van der Waals surface area contributed by atoms with Gasteiger partial charge in [-0.1, -0.05) is 0 Å². The van der Waals surface area contributed by atoms with Crippen molar-refractivity contribution in [1.82, 2.24) is 0 Å². The van der Waals surface area contributed by atoms with Gasteiger partial charge in [0, 0.05) is 17.2 Å². The third-order valence-electron chi connectivity index (χ3n) is 4.80. The molecule has 0 unspecified atom stereocenters. The van der Waals surface area contributed by atoms with E-state index in [0.717, 1.165) is 5.56 Å². The minimum absolute atomic E-state index is 0.211. The lowest BCUT2D eigenvalue weighted by atomic mass is 9.97. The van der Waals surface area contributed by atoms with Crippen LogP contribution in [0.4, 0.5) is 0 Å². The highest BCUT2D eigenvalue weighted by atomic mass is 16.5. The lowest BCUT2D eigenvalue weighted by Gasteiger charge is -2.18. The van der Waals surface area contributed by atoms with Crippen LogP contribution in [0.25, 0.3) is 6.08 Å². The number of aryl methyl sites for hydroxylation is 1. The lowest BCUT2D eigenvalue weighted by molar-refractivity contribution is -0.143. The van der Waals surface area contributed by atoms with Gasteiger partial charge in [-0.3, -0.25) is 14.4 Å². The highest BCUT2D eigenvalue weighted by Crippen LogP contribution is 2.32. The Morgan fingerprint density at radius 1 is 0.824 bits per heavy atom. The number of ether oxygens (including phenoxy) is 3. The predicted molar refractivity (Wildman–Crippen MR) is 132 cm³/mol. The molecule has 0 saturated heterocycles. The summed E-state index contributed by atoms with van der Waals surface area (Å²) in [6.07, 6.45) is 3.12. The minimum atomic E-state index is -0.635. The predicted octanol–water partition coefficient (Wildman–Crippen LogP) is 6.19. The van der Waals surface area contributed by atoms with Crippen molar-refractivity contribution < 1.29 is 28.6 Å². The molecule has 0 fully saturated rings. The summed E-state index contributed by atoms with van der Waals surface area (Å²) in [5.74, 6) is 0.424. The number of esters is 2. The molecule has 6 nitrogen and oxygen atoms in total. The molecule has 2 rings (SSSR count). The van der Waals surface area contributed by atoms with Gasteiger partial charge in [0.05, 0.1) is 17.4 Å². The van der Waals surface area contributed by atoms with Crippen LogP contribution >= 0.6 is 0 Å². The molecule has 182 valence electrons. The van der Waals surface area contributed by atoms with Crippen molar-refractivity contribution in [3.8, 4) is 17.2 Å². The Morgan fingerprint density at radius 2 is 1.38 bits per heavy atom. The zero-order chi connectivity index (χ0) is 25.7. The molecule has 2 aromatic rings. The van der Waals surface area contributed by atoms with Gasteiger partial charge in [-0.2, -0.15) is 0 Å². The summed E-state index contributed by atoms with van der Waals surface area (Å²) in [5, 5.41) is 0. The first kappa shape index (κ1) is 26.8. The number of rotatable bonds is 7. The van der Waals surface area contributed by atoms with Crippen LogP contribution < -0.4 is 14.2 Å².